The molecule has 86 valence electrons. The third-order valence-electron chi connectivity index (χ3n) is 3.36. The van der Waals surface area contributed by atoms with Crippen molar-refractivity contribution in [3.8, 4) is 0 Å². The zero-order valence-electron chi connectivity index (χ0n) is 9.06. The van der Waals surface area contributed by atoms with Crippen LogP contribution in [0.3, 0.4) is 0 Å². The van der Waals surface area contributed by atoms with Gasteiger partial charge in [-0.2, -0.15) is 0 Å². The summed E-state index contributed by atoms with van der Waals surface area (Å²) < 4.78 is 5.51. The lowest BCUT2D eigenvalue weighted by molar-refractivity contribution is 0.130. The molecule has 1 aromatic heterocycles. The SMILES string of the molecule is NC1=NCC2(CCOC2)N1Cc1cccs1. The summed E-state index contributed by atoms with van der Waals surface area (Å²) in [5.41, 5.74) is 6.01. The topological polar surface area (TPSA) is 50.9 Å². The maximum atomic E-state index is 5.98. The third-order valence-corrected chi connectivity index (χ3v) is 4.22. The molecule has 4 nitrogen and oxygen atoms in total. The molecule has 1 aromatic rings. The maximum absolute atomic E-state index is 5.98. The van der Waals surface area contributed by atoms with Crippen LogP contribution in [-0.2, 0) is 11.3 Å². The van der Waals surface area contributed by atoms with Crippen LogP contribution in [0.15, 0.2) is 22.5 Å². The van der Waals surface area contributed by atoms with E-state index in [9.17, 15) is 0 Å². The molecule has 0 radical (unpaired) electrons. The Bertz CT molecular complexity index is 395. The van der Waals surface area contributed by atoms with E-state index in [0.717, 1.165) is 32.7 Å². The number of nitrogens with zero attached hydrogens (tertiary/aromatic N) is 2. The fourth-order valence-corrected chi connectivity index (χ4v) is 3.08. The van der Waals surface area contributed by atoms with E-state index in [-0.39, 0.29) is 5.54 Å². The highest BCUT2D eigenvalue weighted by molar-refractivity contribution is 7.09. The van der Waals surface area contributed by atoms with Gasteiger partial charge in [-0.25, -0.2) is 0 Å². The highest BCUT2D eigenvalue weighted by Crippen LogP contribution is 2.32. The molecule has 0 saturated carbocycles. The zero-order chi connectivity index (χ0) is 11.0. The summed E-state index contributed by atoms with van der Waals surface area (Å²) in [7, 11) is 0. The first-order valence-corrected chi connectivity index (χ1v) is 6.36. The van der Waals surface area contributed by atoms with E-state index in [1.807, 2.05) is 0 Å². The van der Waals surface area contributed by atoms with Crippen LogP contribution in [0.4, 0.5) is 0 Å². The molecule has 3 rings (SSSR count). The lowest BCUT2D eigenvalue weighted by Crippen LogP contribution is -2.51. The average molecular weight is 237 g/mol. The predicted molar refractivity (Wildman–Crippen MR) is 64.5 cm³/mol. The molecule has 5 heteroatoms. The van der Waals surface area contributed by atoms with Crippen molar-refractivity contribution in [1.82, 2.24) is 4.90 Å². The Morgan fingerprint density at radius 1 is 1.62 bits per heavy atom. The molecule has 16 heavy (non-hydrogen) atoms. The van der Waals surface area contributed by atoms with E-state index in [2.05, 4.69) is 27.4 Å². The monoisotopic (exact) mass is 237 g/mol. The van der Waals surface area contributed by atoms with Crippen LogP contribution in [0.1, 0.15) is 11.3 Å². The number of hydrogen-bond acceptors (Lipinski definition) is 5. The van der Waals surface area contributed by atoms with Crippen molar-refractivity contribution in [2.45, 2.75) is 18.5 Å². The van der Waals surface area contributed by atoms with Crippen LogP contribution >= 0.6 is 11.3 Å². The Kier molecular flexibility index (Phi) is 2.37. The summed E-state index contributed by atoms with van der Waals surface area (Å²) in [5.74, 6) is 0.666. The number of rotatable bonds is 2. The van der Waals surface area contributed by atoms with Crippen LogP contribution in [0.2, 0.25) is 0 Å². The van der Waals surface area contributed by atoms with Gasteiger partial charge in [-0.05, 0) is 17.9 Å². The molecule has 0 bridgehead atoms. The lowest BCUT2D eigenvalue weighted by Gasteiger charge is -2.34. The summed E-state index contributed by atoms with van der Waals surface area (Å²) in [6, 6.07) is 4.21. The van der Waals surface area contributed by atoms with E-state index >= 15 is 0 Å². The van der Waals surface area contributed by atoms with Gasteiger partial charge in [0.1, 0.15) is 0 Å². The van der Waals surface area contributed by atoms with Gasteiger partial charge in [-0.1, -0.05) is 6.07 Å². The first-order valence-electron chi connectivity index (χ1n) is 5.48. The van der Waals surface area contributed by atoms with Gasteiger partial charge in [0.2, 0.25) is 0 Å². The summed E-state index contributed by atoms with van der Waals surface area (Å²) in [5, 5.41) is 2.09. The largest absolute Gasteiger partial charge is 0.379 e. The number of thiophene rings is 1. The van der Waals surface area contributed by atoms with Crippen LogP contribution in [0.25, 0.3) is 0 Å². The number of guanidine groups is 1. The Morgan fingerprint density at radius 3 is 3.25 bits per heavy atom. The van der Waals surface area contributed by atoms with Gasteiger partial charge in [-0.15, -0.1) is 11.3 Å². The summed E-state index contributed by atoms with van der Waals surface area (Å²) in [4.78, 5) is 7.92. The second-order valence-electron chi connectivity index (χ2n) is 4.37. The Morgan fingerprint density at radius 2 is 2.56 bits per heavy atom. The van der Waals surface area contributed by atoms with Crippen LogP contribution < -0.4 is 5.73 Å². The van der Waals surface area contributed by atoms with Crippen molar-refractivity contribution in [1.29, 1.82) is 0 Å². The van der Waals surface area contributed by atoms with E-state index in [1.54, 1.807) is 11.3 Å². The van der Waals surface area contributed by atoms with E-state index in [0.29, 0.717) is 5.96 Å². The second-order valence-corrected chi connectivity index (χ2v) is 5.40. The van der Waals surface area contributed by atoms with Crippen LogP contribution in [0.5, 0.6) is 0 Å². The molecule has 1 fully saturated rings. The molecule has 1 unspecified atom stereocenters. The lowest BCUT2D eigenvalue weighted by atomic mass is 9.98. The molecule has 0 aliphatic carbocycles. The molecule has 0 amide bonds. The van der Waals surface area contributed by atoms with Crippen molar-refractivity contribution in [2.75, 3.05) is 19.8 Å². The predicted octanol–water partition coefficient (Wildman–Crippen LogP) is 1.04. The van der Waals surface area contributed by atoms with Gasteiger partial charge in [0.25, 0.3) is 0 Å². The maximum Gasteiger partial charge on any atom is 0.192 e. The smallest absolute Gasteiger partial charge is 0.192 e. The molecule has 1 spiro atoms. The highest BCUT2D eigenvalue weighted by Gasteiger charge is 2.45. The Labute approximate surface area is 98.7 Å². The zero-order valence-corrected chi connectivity index (χ0v) is 9.87. The van der Waals surface area contributed by atoms with Crippen molar-refractivity contribution < 1.29 is 4.74 Å². The molecular weight excluding hydrogens is 222 g/mol. The fourth-order valence-electron chi connectivity index (χ4n) is 2.38. The molecule has 2 aliphatic rings. The quantitative estimate of drug-likeness (QED) is 0.836. The minimum Gasteiger partial charge on any atom is -0.379 e. The molecule has 0 aromatic carbocycles. The van der Waals surface area contributed by atoms with Crippen LogP contribution in [0, 0.1) is 0 Å². The van der Waals surface area contributed by atoms with E-state index < -0.39 is 0 Å². The van der Waals surface area contributed by atoms with Crippen molar-refractivity contribution in [2.24, 2.45) is 10.7 Å². The Balaban J connectivity index is 1.82. The van der Waals surface area contributed by atoms with E-state index in [4.69, 9.17) is 10.5 Å². The first kappa shape index (κ1) is 10.1. The third kappa shape index (κ3) is 1.51. The van der Waals surface area contributed by atoms with Gasteiger partial charge in [-0.3, -0.25) is 4.99 Å². The van der Waals surface area contributed by atoms with Gasteiger partial charge >= 0.3 is 0 Å². The van der Waals surface area contributed by atoms with Crippen molar-refractivity contribution >= 4 is 17.3 Å². The summed E-state index contributed by atoms with van der Waals surface area (Å²) >= 11 is 1.76. The van der Waals surface area contributed by atoms with Gasteiger partial charge in [0, 0.05) is 11.5 Å². The van der Waals surface area contributed by atoms with E-state index in [1.165, 1.54) is 4.88 Å². The molecule has 2 N–H and O–H groups in total. The minimum atomic E-state index is 0.0358. The summed E-state index contributed by atoms with van der Waals surface area (Å²) in [6.45, 7) is 3.22. The minimum absolute atomic E-state index is 0.0358. The molecule has 1 saturated heterocycles. The molecule has 3 heterocycles. The molecule has 2 aliphatic heterocycles. The molecule has 1 atom stereocenters. The Hall–Kier alpha value is -1.07. The highest BCUT2D eigenvalue weighted by atomic mass is 32.1. The number of aliphatic imine (C=N–C) groups is 1. The standard InChI is InChI=1S/C11H15N3OS/c12-10-13-7-11(3-4-15-8-11)14(10)6-9-2-1-5-16-9/h1-2,5H,3-4,6-8H2,(H2,12,13). The number of nitrogens with two attached hydrogens (primary N) is 1. The average Bonchev–Trinajstić information content (AvgIpc) is 2.98. The fraction of sp³-hybridized carbons (Fsp3) is 0.545. The van der Waals surface area contributed by atoms with Gasteiger partial charge < -0.3 is 15.4 Å². The summed E-state index contributed by atoms with van der Waals surface area (Å²) in [6.07, 6.45) is 1.03. The molecular formula is C11H15N3OS. The van der Waals surface area contributed by atoms with Crippen LogP contribution in [-0.4, -0.2) is 36.2 Å². The first-order chi connectivity index (χ1) is 7.80. The number of hydrogen-bond donors (Lipinski definition) is 1. The second kappa shape index (κ2) is 3.75. The van der Waals surface area contributed by atoms with Gasteiger partial charge in [0.15, 0.2) is 5.96 Å². The number of ether oxygens (including phenoxy) is 1. The van der Waals surface area contributed by atoms with Crippen molar-refractivity contribution in [3.63, 3.8) is 0 Å². The van der Waals surface area contributed by atoms with Gasteiger partial charge in [0.05, 0.1) is 25.2 Å². The van der Waals surface area contributed by atoms with Crippen molar-refractivity contribution in [3.05, 3.63) is 22.4 Å². The normalized spacial score (nSPS) is 29.0.